The molecule has 3 rings (SSSR count). The molecule has 1 saturated heterocycles. The maximum atomic E-state index is 4.84. The first-order valence-corrected chi connectivity index (χ1v) is 10.5. The molecular weight excluding hydrogens is 469 g/mol. The summed E-state index contributed by atoms with van der Waals surface area (Å²) in [6, 6.07) is 10.7. The summed E-state index contributed by atoms with van der Waals surface area (Å²) >= 11 is 1.97. The van der Waals surface area contributed by atoms with Crippen molar-refractivity contribution in [1.29, 1.82) is 0 Å². The van der Waals surface area contributed by atoms with Crippen LogP contribution in [0.1, 0.15) is 19.8 Å². The Labute approximate surface area is 184 Å². The molecule has 1 aromatic carbocycles. The van der Waals surface area contributed by atoms with Crippen molar-refractivity contribution >= 4 is 41.7 Å². The number of aryl methyl sites for hydroxylation is 1. The Morgan fingerprint density at radius 2 is 2.19 bits per heavy atom. The molecule has 0 radical (unpaired) electrons. The summed E-state index contributed by atoms with van der Waals surface area (Å²) in [5, 5.41) is 3.46. The van der Waals surface area contributed by atoms with Crippen molar-refractivity contribution < 1.29 is 0 Å². The second kappa shape index (κ2) is 12.3. The average Bonchev–Trinajstić information content (AvgIpc) is 3.35. The predicted molar refractivity (Wildman–Crippen MR) is 125 cm³/mol. The largest absolute Gasteiger partial charge is 0.357 e. The molecule has 1 aromatic heterocycles. The third-order valence-corrected chi connectivity index (χ3v) is 5.79. The highest BCUT2D eigenvalue weighted by Gasteiger charge is 2.24. The van der Waals surface area contributed by atoms with Crippen LogP contribution >= 0.6 is 35.7 Å². The molecule has 0 bridgehead atoms. The number of nitrogens with one attached hydrogen (secondary N) is 1. The second-order valence-corrected chi connectivity index (χ2v) is 7.71. The maximum Gasteiger partial charge on any atom is 0.193 e. The molecule has 1 unspecified atom stereocenters. The number of nitrogens with zero attached hydrogens (tertiary/aromatic N) is 4. The van der Waals surface area contributed by atoms with E-state index >= 15 is 0 Å². The van der Waals surface area contributed by atoms with Gasteiger partial charge in [-0.25, -0.2) is 4.98 Å². The van der Waals surface area contributed by atoms with Gasteiger partial charge >= 0.3 is 0 Å². The van der Waals surface area contributed by atoms with Crippen molar-refractivity contribution in [2.75, 3.05) is 31.9 Å². The fraction of sp³-hybridized carbons (Fsp3) is 0.500. The van der Waals surface area contributed by atoms with E-state index in [0.717, 1.165) is 51.0 Å². The van der Waals surface area contributed by atoms with Crippen LogP contribution in [0.2, 0.25) is 0 Å². The van der Waals surface area contributed by atoms with Gasteiger partial charge in [-0.1, -0.05) is 18.2 Å². The SMILES string of the molecule is CCNC(=NCCCn1ccnc1)N1CCC(CSc2ccccc2)C1.I. The number of guanidine groups is 1. The molecule has 1 atom stereocenters. The molecule has 27 heavy (non-hydrogen) atoms. The number of imidazole rings is 1. The van der Waals surface area contributed by atoms with Gasteiger partial charge in [-0.3, -0.25) is 4.99 Å². The number of aromatic nitrogens is 2. The molecule has 2 aromatic rings. The first kappa shape index (κ1) is 22.1. The highest BCUT2D eigenvalue weighted by atomic mass is 127. The zero-order valence-corrected chi connectivity index (χ0v) is 19.1. The lowest BCUT2D eigenvalue weighted by Gasteiger charge is -2.21. The van der Waals surface area contributed by atoms with E-state index in [4.69, 9.17) is 4.99 Å². The quantitative estimate of drug-likeness (QED) is 0.196. The lowest BCUT2D eigenvalue weighted by Crippen LogP contribution is -2.40. The van der Waals surface area contributed by atoms with Crippen molar-refractivity contribution in [1.82, 2.24) is 19.8 Å². The number of hydrogen-bond acceptors (Lipinski definition) is 3. The molecular formula is C20H30IN5S. The number of hydrogen-bond donors (Lipinski definition) is 1. The molecule has 0 amide bonds. The Hall–Kier alpha value is -1.22. The van der Waals surface area contributed by atoms with Gasteiger partial charge in [0.15, 0.2) is 5.96 Å². The van der Waals surface area contributed by atoms with Crippen LogP contribution < -0.4 is 5.32 Å². The van der Waals surface area contributed by atoms with E-state index in [1.165, 1.54) is 17.1 Å². The van der Waals surface area contributed by atoms with Gasteiger partial charge in [-0.15, -0.1) is 35.7 Å². The average molecular weight is 499 g/mol. The zero-order chi connectivity index (χ0) is 18.0. The minimum absolute atomic E-state index is 0. The van der Waals surface area contributed by atoms with Gasteiger partial charge in [0.25, 0.3) is 0 Å². The molecule has 0 spiro atoms. The number of halogens is 1. The van der Waals surface area contributed by atoms with E-state index in [0.29, 0.717) is 0 Å². The van der Waals surface area contributed by atoms with Crippen LogP contribution in [-0.2, 0) is 6.54 Å². The molecule has 1 aliphatic rings. The van der Waals surface area contributed by atoms with E-state index < -0.39 is 0 Å². The number of benzene rings is 1. The van der Waals surface area contributed by atoms with Gasteiger partial charge < -0.3 is 14.8 Å². The number of aliphatic imine (C=N–C) groups is 1. The van der Waals surface area contributed by atoms with Crippen LogP contribution in [-0.4, -0.2) is 52.3 Å². The minimum Gasteiger partial charge on any atom is -0.357 e. The molecule has 7 heteroatoms. The van der Waals surface area contributed by atoms with E-state index in [2.05, 4.69) is 57.0 Å². The number of thioether (sulfide) groups is 1. The van der Waals surface area contributed by atoms with E-state index in [1.54, 1.807) is 0 Å². The minimum atomic E-state index is 0. The van der Waals surface area contributed by atoms with Crippen molar-refractivity contribution in [3.8, 4) is 0 Å². The molecule has 0 aliphatic carbocycles. The molecule has 5 nitrogen and oxygen atoms in total. The molecule has 1 aliphatic heterocycles. The standard InChI is InChI=1S/C20H29N5S.HI/c1-2-22-20(23-10-6-12-24-14-11-21-17-24)25-13-9-18(15-25)16-26-19-7-4-3-5-8-19;/h3-5,7-8,11,14,17-18H,2,6,9-10,12-13,15-16H2,1H3,(H,22,23);1H. The topological polar surface area (TPSA) is 45.5 Å². The van der Waals surface area contributed by atoms with E-state index in [-0.39, 0.29) is 24.0 Å². The lowest BCUT2D eigenvalue weighted by molar-refractivity contribution is 0.473. The normalized spacial score (nSPS) is 17.0. The highest BCUT2D eigenvalue weighted by molar-refractivity contribution is 14.0. The van der Waals surface area contributed by atoms with Crippen molar-refractivity contribution in [2.24, 2.45) is 10.9 Å². The second-order valence-electron chi connectivity index (χ2n) is 6.61. The smallest absolute Gasteiger partial charge is 0.193 e. The summed E-state index contributed by atoms with van der Waals surface area (Å²) in [7, 11) is 0. The Bertz CT molecular complexity index is 662. The van der Waals surface area contributed by atoms with Crippen LogP contribution in [0.5, 0.6) is 0 Å². The van der Waals surface area contributed by atoms with Crippen molar-refractivity contribution in [3.63, 3.8) is 0 Å². The zero-order valence-electron chi connectivity index (χ0n) is 16.0. The summed E-state index contributed by atoms with van der Waals surface area (Å²) in [6.45, 7) is 7.08. The number of likely N-dealkylation sites (tertiary alicyclic amines) is 1. The van der Waals surface area contributed by atoms with Gasteiger partial charge in [0.05, 0.1) is 6.33 Å². The molecule has 1 fully saturated rings. The van der Waals surface area contributed by atoms with E-state index in [9.17, 15) is 0 Å². The third kappa shape index (κ3) is 7.37. The Morgan fingerprint density at radius 1 is 1.33 bits per heavy atom. The molecule has 1 N–H and O–H groups in total. The summed E-state index contributed by atoms with van der Waals surface area (Å²) in [6.07, 6.45) is 7.98. The molecule has 0 saturated carbocycles. The Balaban J connectivity index is 0.00000261. The van der Waals surface area contributed by atoms with Crippen LogP contribution in [0, 0.1) is 5.92 Å². The summed E-state index contributed by atoms with van der Waals surface area (Å²) in [4.78, 5) is 12.7. The van der Waals surface area contributed by atoms with Crippen LogP contribution in [0.3, 0.4) is 0 Å². The van der Waals surface area contributed by atoms with Crippen molar-refractivity contribution in [3.05, 3.63) is 49.1 Å². The lowest BCUT2D eigenvalue weighted by atomic mass is 10.2. The fourth-order valence-corrected chi connectivity index (χ4v) is 4.22. The molecule has 148 valence electrons. The Kier molecular flexibility index (Phi) is 10.0. The van der Waals surface area contributed by atoms with E-state index in [1.807, 2.05) is 30.5 Å². The van der Waals surface area contributed by atoms with Gasteiger partial charge in [0.1, 0.15) is 0 Å². The van der Waals surface area contributed by atoms with Gasteiger partial charge in [-0.2, -0.15) is 0 Å². The molecule has 2 heterocycles. The maximum absolute atomic E-state index is 4.84. The monoisotopic (exact) mass is 499 g/mol. The van der Waals surface area contributed by atoms with Gasteiger partial charge in [0.2, 0.25) is 0 Å². The van der Waals surface area contributed by atoms with Crippen LogP contribution in [0.4, 0.5) is 0 Å². The summed E-state index contributed by atoms with van der Waals surface area (Å²) in [5.41, 5.74) is 0. The van der Waals surface area contributed by atoms with Crippen LogP contribution in [0.25, 0.3) is 0 Å². The van der Waals surface area contributed by atoms with Gasteiger partial charge in [0, 0.05) is 55.8 Å². The first-order valence-electron chi connectivity index (χ1n) is 9.52. The third-order valence-electron chi connectivity index (χ3n) is 4.54. The summed E-state index contributed by atoms with van der Waals surface area (Å²) in [5.74, 6) is 2.99. The Morgan fingerprint density at radius 3 is 2.93 bits per heavy atom. The number of rotatable bonds is 8. The highest BCUT2D eigenvalue weighted by Crippen LogP contribution is 2.25. The first-order chi connectivity index (χ1) is 12.8. The van der Waals surface area contributed by atoms with Crippen molar-refractivity contribution in [2.45, 2.75) is 31.2 Å². The van der Waals surface area contributed by atoms with Crippen LogP contribution in [0.15, 0.2) is 58.9 Å². The van der Waals surface area contributed by atoms with Gasteiger partial charge in [-0.05, 0) is 37.8 Å². The fourth-order valence-electron chi connectivity index (χ4n) is 3.17. The summed E-state index contributed by atoms with van der Waals surface area (Å²) < 4.78 is 2.11. The predicted octanol–water partition coefficient (Wildman–Crippen LogP) is 3.97.